The van der Waals surface area contributed by atoms with E-state index in [2.05, 4.69) is 25.2 Å². The predicted molar refractivity (Wildman–Crippen MR) is 46.1 cm³/mol. The van der Waals surface area contributed by atoms with Crippen molar-refractivity contribution in [1.82, 2.24) is 5.32 Å². The van der Waals surface area contributed by atoms with Gasteiger partial charge in [-0.2, -0.15) is 0 Å². The van der Waals surface area contributed by atoms with Gasteiger partial charge in [-0.3, -0.25) is 0 Å². The molecule has 0 aliphatic carbocycles. The van der Waals surface area contributed by atoms with Gasteiger partial charge in [0.1, 0.15) is 5.76 Å². The van der Waals surface area contributed by atoms with Crippen LogP contribution in [0, 0.1) is 0 Å². The molecule has 1 heterocycles. The average molecular weight is 153 g/mol. The lowest BCUT2D eigenvalue weighted by atomic mass is 10.1. The summed E-state index contributed by atoms with van der Waals surface area (Å²) in [5.41, 5.74) is 1.20. The van der Waals surface area contributed by atoms with E-state index in [0.717, 1.165) is 12.2 Å². The molecule has 2 nitrogen and oxygen atoms in total. The summed E-state index contributed by atoms with van der Waals surface area (Å²) in [4.78, 5) is 0. The standard InChI is InChI=1S/C9H15NO/c1-4-8-9(11-3)6-5-7(2)10-8/h5-7,10H,4H2,1-3H3. The van der Waals surface area contributed by atoms with Gasteiger partial charge in [0.05, 0.1) is 12.8 Å². The molecular formula is C9H15NO. The van der Waals surface area contributed by atoms with E-state index in [4.69, 9.17) is 4.74 Å². The molecule has 0 radical (unpaired) electrons. The van der Waals surface area contributed by atoms with E-state index in [-0.39, 0.29) is 0 Å². The molecule has 0 bridgehead atoms. The molecule has 0 amide bonds. The van der Waals surface area contributed by atoms with Gasteiger partial charge in [-0.1, -0.05) is 13.0 Å². The Morgan fingerprint density at radius 2 is 2.36 bits per heavy atom. The van der Waals surface area contributed by atoms with Gasteiger partial charge in [0.2, 0.25) is 0 Å². The molecule has 1 unspecified atom stereocenters. The first kappa shape index (κ1) is 8.18. The first-order valence-electron chi connectivity index (χ1n) is 3.99. The first-order chi connectivity index (χ1) is 5.27. The smallest absolute Gasteiger partial charge is 0.137 e. The summed E-state index contributed by atoms with van der Waals surface area (Å²) in [6.45, 7) is 4.24. The molecule has 0 saturated carbocycles. The van der Waals surface area contributed by atoms with Crippen molar-refractivity contribution in [2.75, 3.05) is 7.11 Å². The Hall–Kier alpha value is -0.920. The largest absolute Gasteiger partial charge is 0.495 e. The van der Waals surface area contributed by atoms with E-state index in [1.807, 2.05) is 6.08 Å². The van der Waals surface area contributed by atoms with Gasteiger partial charge in [-0.15, -0.1) is 0 Å². The number of ether oxygens (including phenoxy) is 1. The molecule has 1 aliphatic rings. The van der Waals surface area contributed by atoms with E-state index >= 15 is 0 Å². The fraction of sp³-hybridized carbons (Fsp3) is 0.556. The first-order valence-corrected chi connectivity index (χ1v) is 3.99. The monoisotopic (exact) mass is 153 g/mol. The van der Waals surface area contributed by atoms with Crippen LogP contribution >= 0.6 is 0 Å². The molecular weight excluding hydrogens is 138 g/mol. The molecule has 0 aromatic carbocycles. The van der Waals surface area contributed by atoms with Crippen molar-refractivity contribution in [2.24, 2.45) is 0 Å². The molecule has 1 rings (SSSR count). The highest BCUT2D eigenvalue weighted by Crippen LogP contribution is 2.13. The Kier molecular flexibility index (Phi) is 2.58. The van der Waals surface area contributed by atoms with Crippen LogP contribution in [0.2, 0.25) is 0 Å². The van der Waals surface area contributed by atoms with E-state index in [1.54, 1.807) is 7.11 Å². The summed E-state index contributed by atoms with van der Waals surface area (Å²) < 4.78 is 5.17. The van der Waals surface area contributed by atoms with Gasteiger partial charge >= 0.3 is 0 Å². The van der Waals surface area contributed by atoms with Crippen molar-refractivity contribution in [3.8, 4) is 0 Å². The summed E-state index contributed by atoms with van der Waals surface area (Å²) in [5.74, 6) is 0.964. The van der Waals surface area contributed by atoms with Gasteiger partial charge in [0.25, 0.3) is 0 Å². The van der Waals surface area contributed by atoms with Crippen LogP contribution in [0.1, 0.15) is 20.3 Å². The Bertz CT molecular complexity index is 194. The summed E-state index contributed by atoms with van der Waals surface area (Å²) in [6, 6.07) is 0.434. The van der Waals surface area contributed by atoms with Crippen molar-refractivity contribution in [1.29, 1.82) is 0 Å². The second kappa shape index (κ2) is 3.46. The van der Waals surface area contributed by atoms with Crippen molar-refractivity contribution >= 4 is 0 Å². The fourth-order valence-electron chi connectivity index (χ4n) is 1.19. The normalized spacial score (nSPS) is 23.4. The van der Waals surface area contributed by atoms with E-state index in [0.29, 0.717) is 6.04 Å². The maximum Gasteiger partial charge on any atom is 0.137 e. The van der Waals surface area contributed by atoms with Crippen LogP contribution in [0.25, 0.3) is 0 Å². The molecule has 11 heavy (non-hydrogen) atoms. The average Bonchev–Trinajstić information content (AvgIpc) is 2.04. The van der Waals surface area contributed by atoms with Crippen LogP contribution in [-0.4, -0.2) is 13.2 Å². The summed E-state index contributed by atoms with van der Waals surface area (Å²) >= 11 is 0. The molecule has 62 valence electrons. The predicted octanol–water partition coefficient (Wildman–Crippen LogP) is 1.80. The third-order valence-corrected chi connectivity index (χ3v) is 1.81. The molecule has 1 aliphatic heterocycles. The summed E-state index contributed by atoms with van der Waals surface area (Å²) in [5, 5.41) is 3.33. The van der Waals surface area contributed by atoms with Crippen LogP contribution in [0.3, 0.4) is 0 Å². The van der Waals surface area contributed by atoms with Crippen LogP contribution in [0.5, 0.6) is 0 Å². The van der Waals surface area contributed by atoms with Gasteiger partial charge < -0.3 is 10.1 Å². The van der Waals surface area contributed by atoms with Crippen LogP contribution < -0.4 is 5.32 Å². The highest BCUT2D eigenvalue weighted by Gasteiger charge is 2.09. The Morgan fingerprint density at radius 3 is 2.91 bits per heavy atom. The highest BCUT2D eigenvalue weighted by molar-refractivity contribution is 5.25. The highest BCUT2D eigenvalue weighted by atomic mass is 16.5. The minimum atomic E-state index is 0.434. The third kappa shape index (κ3) is 1.76. The van der Waals surface area contributed by atoms with Gasteiger partial charge in [0, 0.05) is 6.04 Å². The lowest BCUT2D eigenvalue weighted by Crippen LogP contribution is -2.27. The van der Waals surface area contributed by atoms with Crippen LogP contribution in [0.4, 0.5) is 0 Å². The summed E-state index contributed by atoms with van der Waals surface area (Å²) in [6.07, 6.45) is 5.12. The van der Waals surface area contributed by atoms with Crippen molar-refractivity contribution in [2.45, 2.75) is 26.3 Å². The van der Waals surface area contributed by atoms with E-state index in [1.165, 1.54) is 5.70 Å². The van der Waals surface area contributed by atoms with E-state index < -0.39 is 0 Å². The zero-order valence-electron chi connectivity index (χ0n) is 7.35. The molecule has 0 aromatic heterocycles. The summed E-state index contributed by atoms with van der Waals surface area (Å²) in [7, 11) is 1.70. The Labute approximate surface area is 67.9 Å². The molecule has 0 fully saturated rings. The second-order valence-electron chi connectivity index (χ2n) is 2.69. The molecule has 2 heteroatoms. The van der Waals surface area contributed by atoms with Gasteiger partial charge in [0.15, 0.2) is 0 Å². The lowest BCUT2D eigenvalue weighted by molar-refractivity contribution is 0.294. The fourth-order valence-corrected chi connectivity index (χ4v) is 1.19. The minimum Gasteiger partial charge on any atom is -0.495 e. The zero-order chi connectivity index (χ0) is 8.27. The Balaban J connectivity index is 2.76. The number of nitrogens with one attached hydrogen (secondary N) is 1. The molecule has 0 aromatic rings. The number of dihydropyridines is 1. The number of hydrogen-bond acceptors (Lipinski definition) is 2. The van der Waals surface area contributed by atoms with E-state index in [9.17, 15) is 0 Å². The van der Waals surface area contributed by atoms with Gasteiger partial charge in [-0.25, -0.2) is 0 Å². The quantitative estimate of drug-likeness (QED) is 0.653. The number of allylic oxidation sites excluding steroid dienone is 2. The van der Waals surface area contributed by atoms with Crippen LogP contribution in [-0.2, 0) is 4.74 Å². The lowest BCUT2D eigenvalue weighted by Gasteiger charge is -2.20. The van der Waals surface area contributed by atoms with Crippen molar-refractivity contribution in [3.05, 3.63) is 23.6 Å². The third-order valence-electron chi connectivity index (χ3n) is 1.81. The molecule has 0 spiro atoms. The molecule has 0 saturated heterocycles. The number of hydrogen-bond donors (Lipinski definition) is 1. The molecule has 1 N–H and O–H groups in total. The zero-order valence-corrected chi connectivity index (χ0v) is 7.35. The van der Waals surface area contributed by atoms with Crippen molar-refractivity contribution in [3.63, 3.8) is 0 Å². The maximum atomic E-state index is 5.17. The second-order valence-corrected chi connectivity index (χ2v) is 2.69. The van der Waals surface area contributed by atoms with Gasteiger partial charge in [-0.05, 0) is 19.4 Å². The number of rotatable bonds is 2. The Morgan fingerprint density at radius 1 is 1.64 bits per heavy atom. The van der Waals surface area contributed by atoms with Crippen LogP contribution in [0.15, 0.2) is 23.6 Å². The molecule has 1 atom stereocenters. The SMILES string of the molecule is CCC1=C(OC)C=CC(C)N1. The minimum absolute atomic E-state index is 0.434. The number of methoxy groups -OCH3 is 1. The maximum absolute atomic E-state index is 5.17. The topological polar surface area (TPSA) is 21.3 Å². The van der Waals surface area contributed by atoms with Crippen molar-refractivity contribution < 1.29 is 4.74 Å².